The molecule has 3 amide bonds. The van der Waals surface area contributed by atoms with Crippen LogP contribution in [0.25, 0.3) is 0 Å². The lowest BCUT2D eigenvalue weighted by atomic mass is 9.82. The second kappa shape index (κ2) is 19.1. The maximum Gasteiger partial charge on any atom is 0.245 e. The zero-order chi connectivity index (χ0) is 32.6. The maximum absolute atomic E-state index is 14.1. The highest BCUT2D eigenvalue weighted by atomic mass is 35.5. The highest BCUT2D eigenvalue weighted by molar-refractivity contribution is 6.30. The first kappa shape index (κ1) is 40.1. The number of amides is 3. The number of fused-ring (bicyclic) bond motifs is 1. The van der Waals surface area contributed by atoms with Gasteiger partial charge in [0, 0.05) is 82.7 Å². The molecule has 11 heteroatoms. The van der Waals surface area contributed by atoms with E-state index in [0.29, 0.717) is 42.4 Å². The number of benzene rings is 2. The van der Waals surface area contributed by atoms with Gasteiger partial charge in [0.15, 0.2) is 0 Å². The highest BCUT2D eigenvalue weighted by Crippen LogP contribution is 2.31. The van der Waals surface area contributed by atoms with Crippen LogP contribution in [0, 0.1) is 11.8 Å². The molecule has 5 rings (SSSR count). The van der Waals surface area contributed by atoms with Gasteiger partial charge in [-0.3, -0.25) is 19.3 Å². The van der Waals surface area contributed by atoms with Crippen molar-refractivity contribution in [2.45, 2.75) is 90.4 Å². The number of piperazine rings is 1. The number of halogens is 3. The third kappa shape index (κ3) is 10.8. The minimum Gasteiger partial charge on any atom is -0.344 e. The Morgan fingerprint density at radius 2 is 1.60 bits per heavy atom. The van der Waals surface area contributed by atoms with Crippen LogP contribution < -0.4 is 10.6 Å². The van der Waals surface area contributed by atoms with Gasteiger partial charge in [0.1, 0.15) is 6.04 Å². The Kier molecular flexibility index (Phi) is 16.0. The van der Waals surface area contributed by atoms with E-state index in [2.05, 4.69) is 41.5 Å². The number of hydrogen-bond acceptors (Lipinski definition) is 5. The number of rotatable bonds is 12. The molecule has 2 heterocycles. The molecule has 2 aliphatic heterocycles. The topological polar surface area (TPSA) is 85.0 Å². The molecule has 8 nitrogen and oxygen atoms in total. The quantitative estimate of drug-likeness (QED) is 0.279. The summed E-state index contributed by atoms with van der Waals surface area (Å²) < 4.78 is 0. The summed E-state index contributed by atoms with van der Waals surface area (Å²) >= 11 is 6.14. The molecule has 2 N–H and O–H groups in total. The second-order valence-electron chi connectivity index (χ2n) is 13.9. The minimum absolute atomic E-state index is 0. The molecule has 1 aliphatic carbocycles. The SMILES string of the molecule is CC(=O)N(CC(C)C)CC(C1CCCCC1)N1CCN(C(=O)C(Cc2ccc(Cl)cc2)NC(=O)CC2NCc3ccccc32)CC1.Cl.Cl. The van der Waals surface area contributed by atoms with E-state index >= 15 is 0 Å². The van der Waals surface area contributed by atoms with Gasteiger partial charge < -0.3 is 20.4 Å². The van der Waals surface area contributed by atoms with Crippen molar-refractivity contribution in [1.82, 2.24) is 25.3 Å². The van der Waals surface area contributed by atoms with Crippen LogP contribution in [0.3, 0.4) is 0 Å². The van der Waals surface area contributed by atoms with Gasteiger partial charge >= 0.3 is 0 Å². The number of carbonyl (C=O) groups excluding carboxylic acids is 3. The summed E-state index contributed by atoms with van der Waals surface area (Å²) in [6.07, 6.45) is 6.87. The Bertz CT molecular complexity index is 1330. The van der Waals surface area contributed by atoms with Crippen molar-refractivity contribution in [3.05, 3.63) is 70.2 Å². The first-order valence-electron chi connectivity index (χ1n) is 17.3. The van der Waals surface area contributed by atoms with Crippen molar-refractivity contribution < 1.29 is 14.4 Å². The summed E-state index contributed by atoms with van der Waals surface area (Å²) in [6, 6.07) is 15.3. The molecular weight excluding hydrogens is 669 g/mol. The fourth-order valence-electron chi connectivity index (χ4n) is 7.63. The Morgan fingerprint density at radius 3 is 2.25 bits per heavy atom. The van der Waals surface area contributed by atoms with Gasteiger partial charge in [0.25, 0.3) is 0 Å². The average molecular weight is 723 g/mol. The molecule has 2 fully saturated rings. The van der Waals surface area contributed by atoms with Crippen LogP contribution in [0.2, 0.25) is 5.02 Å². The third-order valence-corrected chi connectivity index (χ3v) is 10.3. The van der Waals surface area contributed by atoms with Crippen LogP contribution in [0.5, 0.6) is 0 Å². The van der Waals surface area contributed by atoms with E-state index in [-0.39, 0.29) is 55.0 Å². The molecule has 0 spiro atoms. The zero-order valence-electron chi connectivity index (χ0n) is 28.7. The van der Waals surface area contributed by atoms with Gasteiger partial charge in [-0.15, -0.1) is 24.8 Å². The van der Waals surface area contributed by atoms with E-state index in [1.807, 2.05) is 46.2 Å². The fraction of sp³-hybridized carbons (Fsp3) is 0.595. The molecule has 1 saturated heterocycles. The van der Waals surface area contributed by atoms with Crippen molar-refractivity contribution in [2.75, 3.05) is 39.3 Å². The van der Waals surface area contributed by atoms with E-state index in [4.69, 9.17) is 11.6 Å². The summed E-state index contributed by atoms with van der Waals surface area (Å²) in [5, 5.41) is 7.20. The third-order valence-electron chi connectivity index (χ3n) is 10.1. The molecule has 1 saturated carbocycles. The average Bonchev–Trinajstić information content (AvgIpc) is 3.46. The standard InChI is InChI=1S/C37H52ClN5O3.2ClH/c1-26(2)24-43(27(3)44)25-35(29-9-5-4-6-10-29)41-17-19-42(20-18-41)37(46)34(21-28-13-15-31(38)16-14-28)40-36(45)22-33-32-12-8-7-11-30(32)23-39-33;;/h7-8,11-16,26,29,33-35,39H,4-6,9-10,17-25H2,1-3H3,(H,40,45);2*1H. The summed E-state index contributed by atoms with van der Waals surface area (Å²) in [5.41, 5.74) is 3.32. The van der Waals surface area contributed by atoms with E-state index < -0.39 is 6.04 Å². The number of carbonyl (C=O) groups is 3. The second-order valence-corrected chi connectivity index (χ2v) is 14.4. The van der Waals surface area contributed by atoms with Crippen molar-refractivity contribution in [2.24, 2.45) is 11.8 Å². The Labute approximate surface area is 304 Å². The zero-order valence-corrected chi connectivity index (χ0v) is 31.1. The van der Waals surface area contributed by atoms with Gasteiger partial charge in [0.2, 0.25) is 17.7 Å². The summed E-state index contributed by atoms with van der Waals surface area (Å²) in [5.74, 6) is 0.947. The van der Waals surface area contributed by atoms with Crippen LogP contribution in [0.4, 0.5) is 0 Å². The minimum atomic E-state index is -0.662. The number of nitrogens with zero attached hydrogens (tertiary/aromatic N) is 3. The number of hydrogen-bond donors (Lipinski definition) is 2. The van der Waals surface area contributed by atoms with Crippen molar-refractivity contribution in [3.8, 4) is 0 Å². The van der Waals surface area contributed by atoms with Gasteiger partial charge in [-0.25, -0.2) is 0 Å². The van der Waals surface area contributed by atoms with E-state index in [1.165, 1.54) is 37.7 Å². The molecule has 48 heavy (non-hydrogen) atoms. The molecule has 0 bridgehead atoms. The predicted molar refractivity (Wildman–Crippen MR) is 198 cm³/mol. The molecule has 0 aromatic heterocycles. The smallest absolute Gasteiger partial charge is 0.245 e. The monoisotopic (exact) mass is 721 g/mol. The maximum atomic E-state index is 14.1. The van der Waals surface area contributed by atoms with E-state index in [9.17, 15) is 14.4 Å². The molecule has 3 unspecified atom stereocenters. The van der Waals surface area contributed by atoms with Crippen LogP contribution in [-0.2, 0) is 27.3 Å². The normalized spacial score (nSPS) is 19.4. The van der Waals surface area contributed by atoms with Gasteiger partial charge in [-0.05, 0) is 53.5 Å². The molecule has 3 atom stereocenters. The highest BCUT2D eigenvalue weighted by Gasteiger charge is 2.36. The van der Waals surface area contributed by atoms with Gasteiger partial charge in [-0.1, -0.05) is 81.1 Å². The molecule has 2 aromatic carbocycles. The molecular formula is C37H54Cl3N5O3. The summed E-state index contributed by atoms with van der Waals surface area (Å²) in [7, 11) is 0. The first-order valence-corrected chi connectivity index (χ1v) is 17.7. The van der Waals surface area contributed by atoms with Crippen LogP contribution in [0.15, 0.2) is 48.5 Å². The Balaban J connectivity index is 0.00000312. The van der Waals surface area contributed by atoms with Crippen molar-refractivity contribution in [3.63, 3.8) is 0 Å². The first-order chi connectivity index (χ1) is 22.2. The van der Waals surface area contributed by atoms with E-state index in [0.717, 1.165) is 43.9 Å². The van der Waals surface area contributed by atoms with Crippen LogP contribution in [-0.4, -0.2) is 83.8 Å². The molecule has 266 valence electrons. The summed E-state index contributed by atoms with van der Waals surface area (Å²) in [6.45, 7) is 11.0. The van der Waals surface area contributed by atoms with Crippen molar-refractivity contribution in [1.29, 1.82) is 0 Å². The molecule has 2 aromatic rings. The summed E-state index contributed by atoms with van der Waals surface area (Å²) in [4.78, 5) is 46.7. The molecule has 0 radical (unpaired) electrons. The lowest BCUT2D eigenvalue weighted by Crippen LogP contribution is -2.59. The molecule has 3 aliphatic rings. The lowest BCUT2D eigenvalue weighted by molar-refractivity contribution is -0.138. The largest absolute Gasteiger partial charge is 0.344 e. The number of nitrogens with one attached hydrogen (secondary N) is 2. The fourth-order valence-corrected chi connectivity index (χ4v) is 7.76. The van der Waals surface area contributed by atoms with Crippen molar-refractivity contribution >= 4 is 54.1 Å². The van der Waals surface area contributed by atoms with Crippen LogP contribution in [0.1, 0.15) is 82.0 Å². The van der Waals surface area contributed by atoms with Crippen LogP contribution >= 0.6 is 36.4 Å². The Morgan fingerprint density at radius 1 is 0.938 bits per heavy atom. The predicted octanol–water partition coefficient (Wildman–Crippen LogP) is 6.04. The Hall–Kier alpha value is -2.36. The van der Waals surface area contributed by atoms with E-state index in [1.54, 1.807) is 6.92 Å². The lowest BCUT2D eigenvalue weighted by Gasteiger charge is -2.45. The van der Waals surface area contributed by atoms with Gasteiger partial charge in [0.05, 0.1) is 0 Å². The van der Waals surface area contributed by atoms with Gasteiger partial charge in [-0.2, -0.15) is 0 Å².